The molecule has 0 aliphatic heterocycles. The number of benzene rings is 1. The van der Waals surface area contributed by atoms with E-state index in [0.29, 0.717) is 11.5 Å². The smallest absolute Gasteiger partial charge is 0.340 e. The van der Waals surface area contributed by atoms with E-state index in [1.54, 1.807) is 0 Å². The summed E-state index contributed by atoms with van der Waals surface area (Å²) in [5.41, 5.74) is -0.237. The van der Waals surface area contributed by atoms with Gasteiger partial charge in [-0.2, -0.15) is 5.10 Å². The number of carbonyl (C=O) groups excluding carboxylic acids is 2. The van der Waals surface area contributed by atoms with Gasteiger partial charge in [0.2, 0.25) is 0 Å². The van der Waals surface area contributed by atoms with Crippen molar-refractivity contribution in [1.29, 1.82) is 0 Å². The van der Waals surface area contributed by atoms with Crippen LogP contribution in [0.5, 0.6) is 11.5 Å². The zero-order valence-corrected chi connectivity index (χ0v) is 13.2. The zero-order valence-electron chi connectivity index (χ0n) is 13.2. The number of hydrogen-bond donors (Lipinski definition) is 2. The fourth-order valence-electron chi connectivity index (χ4n) is 1.92. The quantitative estimate of drug-likeness (QED) is 0.777. The Hall–Kier alpha value is -3.36. The maximum absolute atomic E-state index is 12.2. The number of anilines is 1. The van der Waals surface area contributed by atoms with Crippen molar-refractivity contribution in [2.45, 2.75) is 0 Å². The lowest BCUT2D eigenvalue weighted by Crippen LogP contribution is -2.19. The number of aromatic nitrogens is 2. The predicted molar refractivity (Wildman–Crippen MR) is 83.7 cm³/mol. The highest BCUT2D eigenvalue weighted by Crippen LogP contribution is 2.33. The van der Waals surface area contributed by atoms with Crippen LogP contribution in [0.25, 0.3) is 0 Å². The summed E-state index contributed by atoms with van der Waals surface area (Å²) in [7, 11) is 4.06. The Balaban J connectivity index is 2.43. The van der Waals surface area contributed by atoms with Crippen LogP contribution in [0.4, 0.5) is 5.69 Å². The largest absolute Gasteiger partial charge is 0.493 e. The number of esters is 1. The molecule has 0 saturated carbocycles. The molecule has 0 aliphatic carbocycles. The fourth-order valence-corrected chi connectivity index (χ4v) is 1.92. The van der Waals surface area contributed by atoms with Crippen LogP contribution in [-0.4, -0.2) is 43.4 Å². The van der Waals surface area contributed by atoms with Crippen molar-refractivity contribution in [3.63, 3.8) is 0 Å². The second kappa shape index (κ2) is 7.27. The number of ether oxygens (including phenoxy) is 3. The molecule has 1 aromatic heterocycles. The second-order valence-electron chi connectivity index (χ2n) is 4.50. The average Bonchev–Trinajstić information content (AvgIpc) is 2.61. The minimum Gasteiger partial charge on any atom is -0.493 e. The third-order valence-corrected chi connectivity index (χ3v) is 3.09. The molecular formula is C15H15N3O6. The summed E-state index contributed by atoms with van der Waals surface area (Å²) < 4.78 is 15.0. The third-order valence-electron chi connectivity index (χ3n) is 3.09. The monoisotopic (exact) mass is 333 g/mol. The van der Waals surface area contributed by atoms with Crippen molar-refractivity contribution in [2.24, 2.45) is 0 Å². The highest BCUT2D eigenvalue weighted by molar-refractivity contribution is 6.07. The molecule has 0 unspecified atom stereocenters. The van der Waals surface area contributed by atoms with Gasteiger partial charge in [-0.25, -0.2) is 9.89 Å². The van der Waals surface area contributed by atoms with E-state index in [0.717, 1.165) is 6.07 Å². The van der Waals surface area contributed by atoms with Crippen LogP contribution < -0.4 is 20.3 Å². The lowest BCUT2D eigenvalue weighted by molar-refractivity contribution is 0.0601. The Morgan fingerprint density at radius 1 is 1.08 bits per heavy atom. The van der Waals surface area contributed by atoms with Gasteiger partial charge < -0.3 is 19.5 Å². The minimum atomic E-state index is -0.666. The predicted octanol–water partition coefficient (Wildman–Crippen LogP) is 0.826. The molecule has 0 saturated heterocycles. The Kier molecular flexibility index (Phi) is 5.15. The molecule has 2 aromatic rings. The summed E-state index contributed by atoms with van der Waals surface area (Å²) in [6.45, 7) is 0. The third kappa shape index (κ3) is 3.51. The van der Waals surface area contributed by atoms with Crippen LogP contribution in [0.3, 0.4) is 0 Å². The van der Waals surface area contributed by atoms with E-state index >= 15 is 0 Å². The summed E-state index contributed by atoms with van der Waals surface area (Å²) >= 11 is 0. The van der Waals surface area contributed by atoms with Gasteiger partial charge in [0.25, 0.3) is 11.5 Å². The minimum absolute atomic E-state index is 0.0276. The number of H-pyrrole nitrogens is 1. The summed E-state index contributed by atoms with van der Waals surface area (Å²) in [6, 6.07) is 5.24. The van der Waals surface area contributed by atoms with Gasteiger partial charge in [0.15, 0.2) is 11.5 Å². The lowest BCUT2D eigenvalue weighted by Gasteiger charge is -2.14. The number of rotatable bonds is 5. The van der Waals surface area contributed by atoms with Gasteiger partial charge in [-0.3, -0.25) is 9.59 Å². The van der Waals surface area contributed by atoms with Crippen molar-refractivity contribution >= 4 is 17.6 Å². The maximum Gasteiger partial charge on any atom is 0.340 e. The van der Waals surface area contributed by atoms with E-state index in [2.05, 4.69) is 15.5 Å². The van der Waals surface area contributed by atoms with E-state index in [9.17, 15) is 14.4 Å². The van der Waals surface area contributed by atoms with Crippen LogP contribution >= 0.6 is 0 Å². The summed E-state index contributed by atoms with van der Waals surface area (Å²) in [4.78, 5) is 35.2. The molecule has 0 spiro atoms. The number of amides is 1. The van der Waals surface area contributed by atoms with E-state index in [4.69, 9.17) is 14.2 Å². The first kappa shape index (κ1) is 17.0. The summed E-state index contributed by atoms with van der Waals surface area (Å²) in [6.07, 6.45) is 0. The van der Waals surface area contributed by atoms with Gasteiger partial charge in [-0.15, -0.1) is 0 Å². The maximum atomic E-state index is 12.2. The normalized spacial score (nSPS) is 9.96. The number of carbonyl (C=O) groups is 2. The van der Waals surface area contributed by atoms with Gasteiger partial charge in [0.05, 0.1) is 32.6 Å². The number of nitrogens with one attached hydrogen (secondary N) is 2. The average molecular weight is 333 g/mol. The molecule has 0 radical (unpaired) electrons. The van der Waals surface area contributed by atoms with Crippen molar-refractivity contribution in [3.8, 4) is 11.5 Å². The van der Waals surface area contributed by atoms with Gasteiger partial charge in [0, 0.05) is 18.2 Å². The first-order chi connectivity index (χ1) is 11.5. The number of aromatic amines is 1. The van der Waals surface area contributed by atoms with Crippen LogP contribution in [0.2, 0.25) is 0 Å². The number of hydrogen-bond acceptors (Lipinski definition) is 7. The summed E-state index contributed by atoms with van der Waals surface area (Å²) in [5.74, 6) is -0.669. The molecular weight excluding hydrogens is 318 g/mol. The van der Waals surface area contributed by atoms with Crippen molar-refractivity contribution in [3.05, 3.63) is 45.9 Å². The zero-order chi connectivity index (χ0) is 17.7. The Labute approximate surface area is 136 Å². The number of nitrogens with zero attached hydrogens (tertiary/aromatic N) is 1. The summed E-state index contributed by atoms with van der Waals surface area (Å²) in [5, 5.41) is 8.30. The Morgan fingerprint density at radius 3 is 2.29 bits per heavy atom. The molecule has 2 N–H and O–H groups in total. The van der Waals surface area contributed by atoms with E-state index in [1.165, 1.54) is 39.5 Å². The van der Waals surface area contributed by atoms with Gasteiger partial charge in [-0.1, -0.05) is 0 Å². The highest BCUT2D eigenvalue weighted by Gasteiger charge is 2.20. The van der Waals surface area contributed by atoms with E-state index < -0.39 is 17.4 Å². The molecule has 24 heavy (non-hydrogen) atoms. The highest BCUT2D eigenvalue weighted by atomic mass is 16.5. The van der Waals surface area contributed by atoms with Crippen molar-refractivity contribution in [1.82, 2.24) is 10.2 Å². The Bertz CT molecular complexity index is 810. The Morgan fingerprint density at radius 2 is 1.75 bits per heavy atom. The molecule has 1 heterocycles. The SMILES string of the molecule is COC(=O)c1cc(OC)c(OC)cc1NC(=O)c1ccc(=O)[nH]n1. The molecule has 9 heteroatoms. The van der Waals surface area contributed by atoms with Crippen LogP contribution in [0, 0.1) is 0 Å². The van der Waals surface area contributed by atoms with E-state index in [1.807, 2.05) is 0 Å². The molecule has 0 atom stereocenters. The topological polar surface area (TPSA) is 120 Å². The van der Waals surface area contributed by atoms with Gasteiger partial charge >= 0.3 is 5.97 Å². The molecule has 9 nitrogen and oxygen atoms in total. The molecule has 0 bridgehead atoms. The fraction of sp³-hybridized carbons (Fsp3) is 0.200. The van der Waals surface area contributed by atoms with Crippen LogP contribution in [-0.2, 0) is 4.74 Å². The second-order valence-corrected chi connectivity index (χ2v) is 4.50. The van der Waals surface area contributed by atoms with E-state index in [-0.39, 0.29) is 16.9 Å². The molecule has 126 valence electrons. The molecule has 1 aromatic carbocycles. The molecule has 1 amide bonds. The van der Waals surface area contributed by atoms with Crippen LogP contribution in [0.1, 0.15) is 20.8 Å². The number of methoxy groups -OCH3 is 3. The lowest BCUT2D eigenvalue weighted by atomic mass is 10.1. The van der Waals surface area contributed by atoms with Crippen LogP contribution in [0.15, 0.2) is 29.1 Å². The molecule has 2 rings (SSSR count). The van der Waals surface area contributed by atoms with Crippen molar-refractivity contribution in [2.75, 3.05) is 26.6 Å². The molecule has 0 fully saturated rings. The van der Waals surface area contributed by atoms with Crippen molar-refractivity contribution < 1.29 is 23.8 Å². The van der Waals surface area contributed by atoms with Gasteiger partial charge in [-0.05, 0) is 6.07 Å². The standard InChI is InChI=1S/C15H15N3O6/c1-22-11-6-8(15(21)24-3)10(7-12(11)23-2)16-14(20)9-4-5-13(19)18-17-9/h4-7H,1-3H3,(H,16,20)(H,18,19). The first-order valence-corrected chi connectivity index (χ1v) is 6.71. The van der Waals surface area contributed by atoms with Gasteiger partial charge in [0.1, 0.15) is 5.69 Å². The first-order valence-electron chi connectivity index (χ1n) is 6.71. The molecule has 0 aliphatic rings.